The number of alkyl carbamates (subject to hydrolysis) is 2. The van der Waals surface area contributed by atoms with E-state index in [1.54, 1.807) is 0 Å². The number of aromatic nitrogens is 4. The van der Waals surface area contributed by atoms with Gasteiger partial charge in [0.05, 0.1) is 35.3 Å². The standard InChI is InChI=1S/C36H44N6O6/c1-35(2,3)47-33(43)37-17-7-19-45-25-13-15-27-29(21-25)41-31(39-27)23-9-11-24(12-10-23)32-40-28-16-14-26(22-30(28)42-32)46-20-8-18-38-34(44)48-36(4,5)6/h9-16,21-22H,7-8,17-20H2,1-6H3,(H,37,43)(H,38,44)(H,39,41)(H,40,42). The van der Waals surface area contributed by atoms with Crippen LogP contribution < -0.4 is 20.1 Å². The Hall–Kier alpha value is -5.26. The molecule has 12 heteroatoms. The highest BCUT2D eigenvalue weighted by atomic mass is 16.6. The van der Waals surface area contributed by atoms with Crippen molar-refractivity contribution in [3.8, 4) is 34.3 Å². The van der Waals surface area contributed by atoms with Gasteiger partial charge in [-0.1, -0.05) is 24.3 Å². The predicted octanol–water partition coefficient (Wildman–Crippen LogP) is 7.36. The second-order valence-electron chi connectivity index (χ2n) is 13.4. The molecule has 0 saturated heterocycles. The average molecular weight is 657 g/mol. The SMILES string of the molecule is CC(C)(C)OC(=O)NCCCOc1ccc2nc(-c3ccc(-c4nc5ccc(OCCCNC(=O)OC(C)(C)C)cc5[nH]4)cc3)[nH]c2c1. The molecule has 0 aliphatic heterocycles. The minimum Gasteiger partial charge on any atom is -0.493 e. The summed E-state index contributed by atoms with van der Waals surface area (Å²) in [5, 5.41) is 5.47. The minimum absolute atomic E-state index is 0.431. The fraction of sp³-hybridized carbons (Fsp3) is 0.389. The molecule has 0 atom stereocenters. The van der Waals surface area contributed by atoms with Crippen molar-refractivity contribution < 1.29 is 28.5 Å². The highest BCUT2D eigenvalue weighted by molar-refractivity contribution is 5.83. The van der Waals surface area contributed by atoms with Gasteiger partial charge in [-0.05, 0) is 78.6 Å². The number of carbonyl (C=O) groups is 2. The number of H-pyrrole nitrogens is 2. The fourth-order valence-corrected chi connectivity index (χ4v) is 4.75. The summed E-state index contributed by atoms with van der Waals surface area (Å²) in [4.78, 5) is 39.8. The molecule has 2 heterocycles. The van der Waals surface area contributed by atoms with Gasteiger partial charge in [0.25, 0.3) is 0 Å². The van der Waals surface area contributed by atoms with E-state index in [-0.39, 0.29) is 0 Å². The Morgan fingerprint density at radius 1 is 0.625 bits per heavy atom. The number of amides is 2. The lowest BCUT2D eigenvalue weighted by Gasteiger charge is -2.19. The maximum absolute atomic E-state index is 11.8. The highest BCUT2D eigenvalue weighted by Gasteiger charge is 2.16. The lowest BCUT2D eigenvalue weighted by Crippen LogP contribution is -2.33. The van der Waals surface area contributed by atoms with E-state index >= 15 is 0 Å². The molecule has 0 spiro atoms. The molecule has 2 amide bonds. The molecule has 5 rings (SSSR count). The van der Waals surface area contributed by atoms with Gasteiger partial charge >= 0.3 is 12.2 Å². The van der Waals surface area contributed by atoms with Crippen molar-refractivity contribution in [2.45, 2.75) is 65.6 Å². The number of hydrogen-bond acceptors (Lipinski definition) is 8. The summed E-state index contributed by atoms with van der Waals surface area (Å²) in [6.45, 7) is 12.8. The molecule has 0 fully saturated rings. The van der Waals surface area contributed by atoms with E-state index in [9.17, 15) is 9.59 Å². The first-order valence-corrected chi connectivity index (χ1v) is 16.1. The van der Waals surface area contributed by atoms with Gasteiger partial charge in [-0.15, -0.1) is 0 Å². The Balaban J connectivity index is 1.12. The summed E-state index contributed by atoms with van der Waals surface area (Å²) < 4.78 is 22.3. The average Bonchev–Trinajstić information content (AvgIpc) is 3.63. The van der Waals surface area contributed by atoms with Gasteiger partial charge in [0.1, 0.15) is 34.3 Å². The minimum atomic E-state index is -0.523. The van der Waals surface area contributed by atoms with Crippen LogP contribution in [0.15, 0.2) is 60.7 Å². The third kappa shape index (κ3) is 9.87. The summed E-state index contributed by atoms with van der Waals surface area (Å²) in [6, 6.07) is 19.5. The zero-order valence-corrected chi connectivity index (χ0v) is 28.4. The number of nitrogens with one attached hydrogen (secondary N) is 4. The number of hydrogen-bond donors (Lipinski definition) is 4. The van der Waals surface area contributed by atoms with E-state index in [1.165, 1.54) is 0 Å². The van der Waals surface area contributed by atoms with Crippen LogP contribution in [0, 0.1) is 0 Å². The van der Waals surface area contributed by atoms with Crippen molar-refractivity contribution in [2.24, 2.45) is 0 Å². The van der Waals surface area contributed by atoms with Gasteiger partial charge in [0, 0.05) is 36.3 Å². The highest BCUT2D eigenvalue weighted by Crippen LogP contribution is 2.28. The van der Waals surface area contributed by atoms with Crippen molar-refractivity contribution in [1.29, 1.82) is 0 Å². The Labute approximate surface area is 279 Å². The van der Waals surface area contributed by atoms with Crippen molar-refractivity contribution in [2.75, 3.05) is 26.3 Å². The van der Waals surface area contributed by atoms with Gasteiger partial charge in [0.15, 0.2) is 0 Å². The lowest BCUT2D eigenvalue weighted by molar-refractivity contribution is 0.0513. The van der Waals surface area contributed by atoms with Gasteiger partial charge in [0.2, 0.25) is 0 Å². The van der Waals surface area contributed by atoms with Crippen molar-refractivity contribution in [3.63, 3.8) is 0 Å². The number of rotatable bonds is 12. The molecule has 4 N–H and O–H groups in total. The Bertz CT molecular complexity index is 1710. The van der Waals surface area contributed by atoms with Crippen LogP contribution in [0.2, 0.25) is 0 Å². The molecule has 5 aromatic rings. The number of benzene rings is 3. The second-order valence-corrected chi connectivity index (χ2v) is 13.4. The molecular formula is C36H44N6O6. The van der Waals surface area contributed by atoms with Gasteiger partial charge in [-0.3, -0.25) is 0 Å². The maximum Gasteiger partial charge on any atom is 0.407 e. The first kappa shape index (κ1) is 34.1. The monoisotopic (exact) mass is 656 g/mol. The molecular weight excluding hydrogens is 612 g/mol. The third-order valence-electron chi connectivity index (χ3n) is 6.85. The number of fused-ring (bicyclic) bond motifs is 2. The van der Waals surface area contributed by atoms with E-state index in [0.29, 0.717) is 39.1 Å². The van der Waals surface area contributed by atoms with E-state index < -0.39 is 23.4 Å². The number of carbonyl (C=O) groups excluding carboxylic acids is 2. The van der Waals surface area contributed by atoms with Crippen LogP contribution in [0.1, 0.15) is 54.4 Å². The smallest absolute Gasteiger partial charge is 0.407 e. The molecule has 12 nitrogen and oxygen atoms in total. The van der Waals surface area contributed by atoms with Gasteiger partial charge in [-0.2, -0.15) is 0 Å². The molecule has 3 aromatic carbocycles. The topological polar surface area (TPSA) is 152 Å². The number of aromatic amines is 2. The molecule has 0 saturated carbocycles. The fourth-order valence-electron chi connectivity index (χ4n) is 4.75. The summed E-state index contributed by atoms with van der Waals surface area (Å²) in [7, 11) is 0. The van der Waals surface area contributed by atoms with Crippen molar-refractivity contribution >= 4 is 34.3 Å². The van der Waals surface area contributed by atoms with Gasteiger partial charge < -0.3 is 39.5 Å². The normalized spacial score (nSPS) is 11.8. The number of ether oxygens (including phenoxy) is 4. The number of nitrogens with zero attached hydrogens (tertiary/aromatic N) is 2. The van der Waals surface area contributed by atoms with Crippen LogP contribution in [0.3, 0.4) is 0 Å². The Kier molecular flexibility index (Phi) is 10.4. The second kappa shape index (κ2) is 14.7. The summed E-state index contributed by atoms with van der Waals surface area (Å²) in [5.74, 6) is 2.95. The first-order valence-electron chi connectivity index (χ1n) is 16.1. The van der Waals surface area contributed by atoms with Crippen LogP contribution in [0.5, 0.6) is 11.5 Å². The number of imidazole rings is 2. The maximum atomic E-state index is 11.8. The van der Waals surface area contributed by atoms with Gasteiger partial charge in [-0.25, -0.2) is 19.6 Å². The molecule has 0 aliphatic rings. The molecule has 0 bridgehead atoms. The van der Waals surface area contributed by atoms with Crippen LogP contribution in [0.25, 0.3) is 44.8 Å². The Morgan fingerprint density at radius 2 is 1.02 bits per heavy atom. The zero-order valence-electron chi connectivity index (χ0n) is 28.4. The quantitative estimate of drug-likeness (QED) is 0.102. The van der Waals surface area contributed by atoms with E-state index in [2.05, 4.69) is 20.6 Å². The van der Waals surface area contributed by atoms with E-state index in [1.807, 2.05) is 102 Å². The van der Waals surface area contributed by atoms with Crippen LogP contribution in [-0.2, 0) is 9.47 Å². The van der Waals surface area contributed by atoms with E-state index in [0.717, 1.165) is 56.3 Å². The molecule has 48 heavy (non-hydrogen) atoms. The summed E-state index contributed by atoms with van der Waals surface area (Å²) >= 11 is 0. The summed E-state index contributed by atoms with van der Waals surface area (Å²) in [6.07, 6.45) is 0.432. The Morgan fingerprint density at radius 3 is 1.40 bits per heavy atom. The lowest BCUT2D eigenvalue weighted by atomic mass is 10.1. The van der Waals surface area contributed by atoms with Crippen molar-refractivity contribution in [3.05, 3.63) is 60.7 Å². The molecule has 0 aliphatic carbocycles. The molecule has 0 radical (unpaired) electrons. The molecule has 2 aromatic heterocycles. The zero-order chi connectivity index (χ0) is 34.3. The van der Waals surface area contributed by atoms with Crippen LogP contribution in [-0.4, -0.2) is 69.6 Å². The van der Waals surface area contributed by atoms with Crippen molar-refractivity contribution in [1.82, 2.24) is 30.6 Å². The summed E-state index contributed by atoms with van der Waals surface area (Å²) in [5.41, 5.74) is 4.25. The van der Waals surface area contributed by atoms with E-state index in [4.69, 9.17) is 28.9 Å². The first-order chi connectivity index (χ1) is 22.8. The van der Waals surface area contributed by atoms with Crippen LogP contribution >= 0.6 is 0 Å². The molecule has 254 valence electrons. The third-order valence-corrected chi connectivity index (χ3v) is 6.85. The predicted molar refractivity (Wildman–Crippen MR) is 185 cm³/mol. The largest absolute Gasteiger partial charge is 0.493 e. The van der Waals surface area contributed by atoms with Crippen LogP contribution in [0.4, 0.5) is 9.59 Å². The molecule has 0 unspecified atom stereocenters.